The number of para-hydroxylation sites is 1. The SMILES string of the molecule is CC(Nc1cccc(Cl)c1-n1cccn1)c1sccc1Br. The molecule has 108 valence electrons. The van der Waals surface area contributed by atoms with Crippen LogP contribution in [0.2, 0.25) is 5.02 Å². The summed E-state index contributed by atoms with van der Waals surface area (Å²) in [6, 6.07) is 9.94. The maximum Gasteiger partial charge on any atom is 0.106 e. The van der Waals surface area contributed by atoms with Gasteiger partial charge in [0.1, 0.15) is 5.69 Å². The molecule has 1 atom stereocenters. The summed E-state index contributed by atoms with van der Waals surface area (Å²) in [5.41, 5.74) is 1.82. The lowest BCUT2D eigenvalue weighted by Crippen LogP contribution is -2.09. The molecular formula is C15H13BrClN3S. The summed E-state index contributed by atoms with van der Waals surface area (Å²) in [7, 11) is 0. The van der Waals surface area contributed by atoms with Gasteiger partial charge >= 0.3 is 0 Å². The molecule has 0 aliphatic carbocycles. The number of anilines is 1. The second-order valence-corrected chi connectivity index (χ2v) is 6.79. The molecule has 3 aromatic rings. The summed E-state index contributed by atoms with van der Waals surface area (Å²) in [6.45, 7) is 2.13. The van der Waals surface area contributed by atoms with E-state index in [1.54, 1.807) is 22.2 Å². The van der Waals surface area contributed by atoms with Gasteiger partial charge in [-0.25, -0.2) is 4.68 Å². The van der Waals surface area contributed by atoms with Gasteiger partial charge in [-0.05, 0) is 52.5 Å². The molecule has 0 radical (unpaired) electrons. The maximum absolute atomic E-state index is 6.35. The number of aromatic nitrogens is 2. The highest BCUT2D eigenvalue weighted by atomic mass is 79.9. The van der Waals surface area contributed by atoms with Crippen LogP contribution in [0.5, 0.6) is 0 Å². The van der Waals surface area contributed by atoms with Gasteiger partial charge in [0.15, 0.2) is 0 Å². The summed E-state index contributed by atoms with van der Waals surface area (Å²) in [5.74, 6) is 0. The monoisotopic (exact) mass is 381 g/mol. The van der Waals surface area contributed by atoms with E-state index in [0.717, 1.165) is 15.8 Å². The van der Waals surface area contributed by atoms with Crippen LogP contribution in [0.4, 0.5) is 5.69 Å². The topological polar surface area (TPSA) is 29.9 Å². The van der Waals surface area contributed by atoms with Crippen LogP contribution in [0.3, 0.4) is 0 Å². The van der Waals surface area contributed by atoms with Gasteiger partial charge in [-0.15, -0.1) is 11.3 Å². The molecular weight excluding hydrogens is 370 g/mol. The molecule has 21 heavy (non-hydrogen) atoms. The maximum atomic E-state index is 6.35. The average molecular weight is 383 g/mol. The number of nitrogens with one attached hydrogen (secondary N) is 1. The van der Waals surface area contributed by atoms with Crippen molar-refractivity contribution in [1.29, 1.82) is 0 Å². The first kappa shape index (κ1) is 14.6. The zero-order valence-corrected chi connectivity index (χ0v) is 14.4. The van der Waals surface area contributed by atoms with Crippen molar-refractivity contribution >= 4 is 44.6 Å². The van der Waals surface area contributed by atoms with E-state index >= 15 is 0 Å². The first-order valence-corrected chi connectivity index (χ1v) is 8.50. The Labute approximate surface area is 140 Å². The first-order chi connectivity index (χ1) is 10.2. The average Bonchev–Trinajstić information content (AvgIpc) is 3.10. The molecule has 0 fully saturated rings. The fourth-order valence-corrected chi connectivity index (χ4v) is 4.17. The van der Waals surface area contributed by atoms with Crippen molar-refractivity contribution in [3.8, 4) is 5.69 Å². The molecule has 3 nitrogen and oxygen atoms in total. The Morgan fingerprint density at radius 1 is 1.33 bits per heavy atom. The van der Waals surface area contributed by atoms with Gasteiger partial charge in [0.05, 0.1) is 16.8 Å². The third-order valence-corrected chi connectivity index (χ3v) is 5.49. The number of rotatable bonds is 4. The van der Waals surface area contributed by atoms with E-state index in [1.165, 1.54) is 4.88 Å². The lowest BCUT2D eigenvalue weighted by Gasteiger charge is -2.18. The number of hydrogen-bond donors (Lipinski definition) is 1. The lowest BCUT2D eigenvalue weighted by molar-refractivity contribution is 0.860. The zero-order valence-electron chi connectivity index (χ0n) is 11.3. The van der Waals surface area contributed by atoms with E-state index in [9.17, 15) is 0 Å². The molecule has 2 heterocycles. The molecule has 6 heteroatoms. The Morgan fingerprint density at radius 2 is 2.19 bits per heavy atom. The van der Waals surface area contributed by atoms with Gasteiger partial charge in [0.2, 0.25) is 0 Å². The number of hydrogen-bond acceptors (Lipinski definition) is 3. The minimum Gasteiger partial charge on any atom is -0.376 e. The van der Waals surface area contributed by atoms with Gasteiger partial charge in [-0.3, -0.25) is 0 Å². The van der Waals surface area contributed by atoms with Crippen molar-refractivity contribution in [1.82, 2.24) is 9.78 Å². The second-order valence-electron chi connectivity index (χ2n) is 4.59. The molecule has 0 bridgehead atoms. The van der Waals surface area contributed by atoms with E-state index in [2.05, 4.69) is 44.7 Å². The largest absolute Gasteiger partial charge is 0.376 e. The number of benzene rings is 1. The number of halogens is 2. The summed E-state index contributed by atoms with van der Waals surface area (Å²) >= 11 is 11.7. The van der Waals surface area contributed by atoms with E-state index in [4.69, 9.17) is 11.6 Å². The summed E-state index contributed by atoms with van der Waals surface area (Å²) in [4.78, 5) is 1.25. The van der Waals surface area contributed by atoms with Crippen molar-refractivity contribution in [2.45, 2.75) is 13.0 Å². The fraction of sp³-hybridized carbons (Fsp3) is 0.133. The van der Waals surface area contributed by atoms with Crippen LogP contribution >= 0.6 is 38.9 Å². The van der Waals surface area contributed by atoms with Crippen molar-refractivity contribution in [3.63, 3.8) is 0 Å². The summed E-state index contributed by atoms with van der Waals surface area (Å²) in [6.07, 6.45) is 3.63. The van der Waals surface area contributed by atoms with Crippen LogP contribution in [-0.2, 0) is 0 Å². The van der Waals surface area contributed by atoms with Gasteiger partial charge in [0.25, 0.3) is 0 Å². The molecule has 0 aliphatic heterocycles. The predicted molar refractivity (Wildman–Crippen MR) is 92.6 cm³/mol. The number of thiophene rings is 1. The van der Waals surface area contributed by atoms with Crippen molar-refractivity contribution in [2.75, 3.05) is 5.32 Å². The number of nitrogens with zero attached hydrogens (tertiary/aromatic N) is 2. The molecule has 0 saturated carbocycles. The molecule has 0 aliphatic rings. The fourth-order valence-electron chi connectivity index (χ4n) is 2.18. The highest BCUT2D eigenvalue weighted by Gasteiger charge is 2.15. The smallest absolute Gasteiger partial charge is 0.106 e. The standard InChI is InChI=1S/C15H13BrClN3S/c1-10(15-11(16)6-9-21-15)19-13-5-2-4-12(17)14(13)20-8-3-7-18-20/h2-10,19H,1H3. The van der Waals surface area contributed by atoms with Crippen LogP contribution in [0.15, 0.2) is 52.6 Å². The van der Waals surface area contributed by atoms with Crippen molar-refractivity contribution < 1.29 is 0 Å². The zero-order chi connectivity index (χ0) is 14.8. The summed E-state index contributed by atoms with van der Waals surface area (Å²) in [5, 5.41) is 10.5. The van der Waals surface area contributed by atoms with Crippen molar-refractivity contribution in [2.24, 2.45) is 0 Å². The van der Waals surface area contributed by atoms with Gasteiger partial charge in [0, 0.05) is 21.7 Å². The molecule has 2 aromatic heterocycles. The Balaban J connectivity index is 1.96. The first-order valence-electron chi connectivity index (χ1n) is 6.45. The van der Waals surface area contributed by atoms with Gasteiger partial charge < -0.3 is 5.32 Å². The summed E-state index contributed by atoms with van der Waals surface area (Å²) < 4.78 is 2.90. The predicted octanol–water partition coefficient (Wildman–Crippen LogP) is 5.52. The van der Waals surface area contributed by atoms with E-state index in [-0.39, 0.29) is 6.04 Å². The molecule has 1 aromatic carbocycles. The molecule has 0 amide bonds. The Morgan fingerprint density at radius 3 is 2.86 bits per heavy atom. The van der Waals surface area contributed by atoms with Crippen LogP contribution in [0.1, 0.15) is 17.8 Å². The van der Waals surface area contributed by atoms with Crippen LogP contribution < -0.4 is 5.32 Å². The van der Waals surface area contributed by atoms with E-state index in [0.29, 0.717) is 5.02 Å². The highest BCUT2D eigenvalue weighted by molar-refractivity contribution is 9.10. The quantitative estimate of drug-likeness (QED) is 0.643. The molecule has 1 unspecified atom stereocenters. The van der Waals surface area contributed by atoms with Gasteiger partial charge in [-0.2, -0.15) is 5.10 Å². The minimum absolute atomic E-state index is 0.173. The third kappa shape index (κ3) is 3.00. The minimum atomic E-state index is 0.173. The van der Waals surface area contributed by atoms with Gasteiger partial charge in [-0.1, -0.05) is 17.7 Å². The lowest BCUT2D eigenvalue weighted by atomic mass is 10.2. The molecule has 1 N–H and O–H groups in total. The van der Waals surface area contributed by atoms with Crippen molar-refractivity contribution in [3.05, 3.63) is 62.5 Å². The van der Waals surface area contributed by atoms with E-state index < -0.39 is 0 Å². The highest BCUT2D eigenvalue weighted by Crippen LogP contribution is 2.34. The Kier molecular flexibility index (Phi) is 4.33. The molecule has 3 rings (SSSR count). The van der Waals surface area contributed by atoms with Crippen LogP contribution in [-0.4, -0.2) is 9.78 Å². The second kappa shape index (κ2) is 6.22. The third-order valence-electron chi connectivity index (χ3n) is 3.13. The van der Waals surface area contributed by atoms with Crippen LogP contribution in [0.25, 0.3) is 5.69 Å². The Hall–Kier alpha value is -1.30. The van der Waals surface area contributed by atoms with E-state index in [1.807, 2.05) is 30.5 Å². The molecule has 0 spiro atoms. The Bertz CT molecular complexity index is 739. The molecule has 0 saturated heterocycles. The van der Waals surface area contributed by atoms with Crippen LogP contribution in [0, 0.1) is 0 Å². The normalized spacial score (nSPS) is 12.3.